The zero-order valence-electron chi connectivity index (χ0n) is 10.2. The molecule has 0 aliphatic heterocycles. The monoisotopic (exact) mass is 233 g/mol. The Morgan fingerprint density at radius 1 is 1.47 bits per heavy atom. The van der Waals surface area contributed by atoms with Gasteiger partial charge in [0.05, 0.1) is 6.61 Å². The first kappa shape index (κ1) is 12.1. The van der Waals surface area contributed by atoms with Crippen LogP contribution in [0.5, 0.6) is 5.75 Å². The van der Waals surface area contributed by atoms with Crippen LogP contribution in [0.2, 0.25) is 0 Å². The van der Waals surface area contributed by atoms with Crippen LogP contribution in [0, 0.1) is 0 Å². The Balaban J connectivity index is 2.35. The van der Waals surface area contributed by atoms with Gasteiger partial charge in [0, 0.05) is 12.5 Å². The molecule has 0 fully saturated rings. The maximum Gasteiger partial charge on any atom is 0.122 e. The summed E-state index contributed by atoms with van der Waals surface area (Å²) in [5.74, 6) is 0.919. The highest BCUT2D eigenvalue weighted by Gasteiger charge is 2.23. The quantitative estimate of drug-likeness (QED) is 0.787. The van der Waals surface area contributed by atoms with Crippen molar-refractivity contribution in [3.8, 4) is 5.75 Å². The second kappa shape index (κ2) is 5.32. The van der Waals surface area contributed by atoms with E-state index in [0.717, 1.165) is 31.3 Å². The van der Waals surface area contributed by atoms with Crippen LogP contribution in [0.25, 0.3) is 0 Å². The van der Waals surface area contributed by atoms with E-state index in [-0.39, 0.29) is 6.04 Å². The molecule has 2 N–H and O–H groups in total. The second-order valence-corrected chi connectivity index (χ2v) is 4.49. The Morgan fingerprint density at radius 2 is 2.29 bits per heavy atom. The smallest absolute Gasteiger partial charge is 0.122 e. The highest BCUT2D eigenvalue weighted by molar-refractivity contribution is 5.54. The van der Waals surface area contributed by atoms with Crippen LogP contribution in [0.3, 0.4) is 0 Å². The topological polar surface area (TPSA) is 52.3 Å². The second-order valence-electron chi connectivity index (χ2n) is 4.49. The van der Waals surface area contributed by atoms with Gasteiger partial charge in [-0.1, -0.05) is 6.07 Å². The number of aldehydes is 1. The van der Waals surface area contributed by atoms with Crippen molar-refractivity contribution in [3.63, 3.8) is 0 Å². The lowest BCUT2D eigenvalue weighted by Gasteiger charge is -2.14. The van der Waals surface area contributed by atoms with E-state index in [0.29, 0.717) is 13.0 Å². The molecule has 17 heavy (non-hydrogen) atoms. The van der Waals surface area contributed by atoms with Gasteiger partial charge in [-0.05, 0) is 48.9 Å². The van der Waals surface area contributed by atoms with Crippen LogP contribution >= 0.6 is 0 Å². The van der Waals surface area contributed by atoms with Gasteiger partial charge in [-0.3, -0.25) is 0 Å². The SMILES string of the molecule is CCOc1ccc2c(c1CCC=O)CC(N)C2. The van der Waals surface area contributed by atoms with E-state index in [1.165, 1.54) is 16.7 Å². The lowest BCUT2D eigenvalue weighted by atomic mass is 9.98. The highest BCUT2D eigenvalue weighted by Crippen LogP contribution is 2.32. The van der Waals surface area contributed by atoms with Gasteiger partial charge >= 0.3 is 0 Å². The van der Waals surface area contributed by atoms with E-state index in [4.69, 9.17) is 10.5 Å². The van der Waals surface area contributed by atoms with Crippen LogP contribution in [-0.4, -0.2) is 18.9 Å². The zero-order valence-corrected chi connectivity index (χ0v) is 10.2. The van der Waals surface area contributed by atoms with Crippen molar-refractivity contribution in [1.29, 1.82) is 0 Å². The molecule has 0 spiro atoms. The van der Waals surface area contributed by atoms with E-state index in [1.807, 2.05) is 13.0 Å². The first-order chi connectivity index (χ1) is 8.26. The van der Waals surface area contributed by atoms with Crippen LogP contribution < -0.4 is 10.5 Å². The van der Waals surface area contributed by atoms with Crippen molar-refractivity contribution >= 4 is 6.29 Å². The van der Waals surface area contributed by atoms with Crippen LogP contribution in [0.4, 0.5) is 0 Å². The lowest BCUT2D eigenvalue weighted by Crippen LogP contribution is -2.19. The summed E-state index contributed by atoms with van der Waals surface area (Å²) in [4.78, 5) is 10.5. The first-order valence-electron chi connectivity index (χ1n) is 6.22. The number of carbonyl (C=O) groups is 1. The molecule has 3 heteroatoms. The molecule has 3 nitrogen and oxygen atoms in total. The Bertz CT molecular complexity index is 415. The van der Waals surface area contributed by atoms with Crippen molar-refractivity contribution in [2.24, 2.45) is 5.73 Å². The molecule has 0 saturated carbocycles. The molecular weight excluding hydrogens is 214 g/mol. The summed E-state index contributed by atoms with van der Waals surface area (Å²) in [6.45, 7) is 2.63. The van der Waals surface area contributed by atoms with Gasteiger partial charge in [0.15, 0.2) is 0 Å². The Morgan fingerprint density at radius 3 is 3.00 bits per heavy atom. The van der Waals surface area contributed by atoms with Gasteiger partial charge in [-0.2, -0.15) is 0 Å². The molecule has 1 aromatic carbocycles. The third-order valence-electron chi connectivity index (χ3n) is 3.25. The van der Waals surface area contributed by atoms with E-state index >= 15 is 0 Å². The number of nitrogens with two attached hydrogens (primary N) is 1. The van der Waals surface area contributed by atoms with Gasteiger partial charge in [-0.25, -0.2) is 0 Å². The lowest BCUT2D eigenvalue weighted by molar-refractivity contribution is -0.107. The molecule has 0 amide bonds. The maximum absolute atomic E-state index is 10.5. The highest BCUT2D eigenvalue weighted by atomic mass is 16.5. The minimum atomic E-state index is 0.219. The van der Waals surface area contributed by atoms with Gasteiger partial charge in [0.1, 0.15) is 12.0 Å². The largest absolute Gasteiger partial charge is 0.494 e. The first-order valence-corrected chi connectivity index (χ1v) is 6.22. The van der Waals surface area contributed by atoms with Crippen LogP contribution in [0.1, 0.15) is 30.0 Å². The van der Waals surface area contributed by atoms with Crippen molar-refractivity contribution in [1.82, 2.24) is 0 Å². The van der Waals surface area contributed by atoms with Crippen LogP contribution in [0.15, 0.2) is 12.1 Å². The Kier molecular flexibility index (Phi) is 3.79. The van der Waals surface area contributed by atoms with Gasteiger partial charge in [0.25, 0.3) is 0 Å². The van der Waals surface area contributed by atoms with Crippen molar-refractivity contribution in [2.45, 2.75) is 38.6 Å². The van der Waals surface area contributed by atoms with Crippen LogP contribution in [-0.2, 0) is 24.1 Å². The summed E-state index contributed by atoms with van der Waals surface area (Å²) in [6, 6.07) is 4.34. The molecule has 1 aromatic rings. The molecule has 0 heterocycles. The predicted molar refractivity (Wildman–Crippen MR) is 67.4 cm³/mol. The number of hydrogen-bond acceptors (Lipinski definition) is 3. The summed E-state index contributed by atoms with van der Waals surface area (Å²) < 4.78 is 5.64. The molecule has 0 aromatic heterocycles. The summed E-state index contributed by atoms with van der Waals surface area (Å²) in [5.41, 5.74) is 9.81. The van der Waals surface area contributed by atoms with Gasteiger partial charge in [0.2, 0.25) is 0 Å². The van der Waals surface area contributed by atoms with Crippen molar-refractivity contribution in [3.05, 3.63) is 28.8 Å². The summed E-state index contributed by atoms with van der Waals surface area (Å²) in [6.07, 6.45) is 4.12. The third-order valence-corrected chi connectivity index (χ3v) is 3.25. The average Bonchev–Trinajstić information content (AvgIpc) is 2.68. The van der Waals surface area contributed by atoms with E-state index in [1.54, 1.807) is 0 Å². The van der Waals surface area contributed by atoms with Crippen molar-refractivity contribution < 1.29 is 9.53 Å². The fourth-order valence-electron chi connectivity index (χ4n) is 2.55. The molecule has 0 saturated heterocycles. The molecule has 0 radical (unpaired) electrons. The maximum atomic E-state index is 10.5. The van der Waals surface area contributed by atoms with E-state index in [2.05, 4.69) is 6.07 Å². The summed E-state index contributed by atoms with van der Waals surface area (Å²) in [5, 5.41) is 0. The van der Waals surface area contributed by atoms with E-state index in [9.17, 15) is 4.79 Å². The minimum Gasteiger partial charge on any atom is -0.494 e. The zero-order chi connectivity index (χ0) is 12.3. The molecular formula is C14H19NO2. The van der Waals surface area contributed by atoms with Gasteiger partial charge < -0.3 is 15.3 Å². The average molecular weight is 233 g/mol. The summed E-state index contributed by atoms with van der Waals surface area (Å²) >= 11 is 0. The standard InChI is InChI=1S/C14H19NO2/c1-2-17-14-6-5-10-8-11(15)9-13(10)12(14)4-3-7-16/h5-7,11H,2-4,8-9,15H2,1H3. The molecule has 92 valence electrons. The number of fused-ring (bicyclic) bond motifs is 1. The fourth-order valence-corrected chi connectivity index (χ4v) is 2.55. The number of benzene rings is 1. The summed E-state index contributed by atoms with van der Waals surface area (Å²) in [7, 11) is 0. The molecule has 1 aliphatic carbocycles. The van der Waals surface area contributed by atoms with Crippen molar-refractivity contribution in [2.75, 3.05) is 6.61 Å². The number of ether oxygens (including phenoxy) is 1. The fraction of sp³-hybridized carbons (Fsp3) is 0.500. The normalized spacial score (nSPS) is 17.9. The van der Waals surface area contributed by atoms with E-state index < -0.39 is 0 Å². The molecule has 1 aliphatic rings. The van der Waals surface area contributed by atoms with Gasteiger partial charge in [-0.15, -0.1) is 0 Å². The number of rotatable bonds is 5. The molecule has 1 unspecified atom stereocenters. The number of hydrogen-bond donors (Lipinski definition) is 1. The number of carbonyl (C=O) groups excluding carboxylic acids is 1. The third kappa shape index (κ3) is 2.50. The molecule has 0 bridgehead atoms. The molecule has 2 rings (SSSR count). The molecule has 1 atom stereocenters. The Labute approximate surface area is 102 Å². The minimum absolute atomic E-state index is 0.219. The predicted octanol–water partition coefficient (Wildman–Crippen LogP) is 1.64. The Hall–Kier alpha value is -1.35.